The van der Waals surface area contributed by atoms with E-state index in [-0.39, 0.29) is 48.0 Å². The second-order valence-corrected chi connectivity index (χ2v) is 12.6. The lowest BCUT2D eigenvalue weighted by Crippen LogP contribution is -2.49. The van der Waals surface area contributed by atoms with Gasteiger partial charge < -0.3 is 9.84 Å². The lowest BCUT2D eigenvalue weighted by atomic mass is 9.67. The summed E-state index contributed by atoms with van der Waals surface area (Å²) in [5, 5.41) is 11.2. The molecule has 39 heavy (non-hydrogen) atoms. The largest absolute Gasteiger partial charge is 0.381 e. The summed E-state index contributed by atoms with van der Waals surface area (Å²) in [4.78, 5) is 50.2. The Morgan fingerprint density at radius 1 is 1.10 bits per heavy atom. The number of nitrogens with zero attached hydrogens (tertiary/aromatic N) is 1. The van der Waals surface area contributed by atoms with Crippen molar-refractivity contribution in [2.45, 2.75) is 64.2 Å². The fourth-order valence-electron chi connectivity index (χ4n) is 6.13. The van der Waals surface area contributed by atoms with Crippen LogP contribution in [0.15, 0.2) is 58.2 Å². The highest BCUT2D eigenvalue weighted by molar-refractivity contribution is 7.99. The molecule has 1 heterocycles. The lowest BCUT2D eigenvalue weighted by molar-refractivity contribution is -0.138. The van der Waals surface area contributed by atoms with Crippen LogP contribution in [0.25, 0.3) is 0 Å². The first-order valence-electron chi connectivity index (χ1n) is 13.5. The zero-order valence-corrected chi connectivity index (χ0v) is 23.8. The molecule has 8 heteroatoms. The summed E-state index contributed by atoms with van der Waals surface area (Å²) in [7, 11) is 0. The Morgan fingerprint density at radius 2 is 1.74 bits per heavy atom. The Morgan fingerprint density at radius 3 is 2.36 bits per heavy atom. The molecule has 1 aromatic rings. The second-order valence-electron chi connectivity index (χ2n) is 11.2. The lowest BCUT2D eigenvalue weighted by Gasteiger charge is -2.39. The van der Waals surface area contributed by atoms with Gasteiger partial charge in [-0.2, -0.15) is 11.8 Å². The van der Waals surface area contributed by atoms with Crippen LogP contribution in [0.3, 0.4) is 0 Å². The third-order valence-corrected chi connectivity index (χ3v) is 10.0. The van der Waals surface area contributed by atoms with Crippen LogP contribution in [-0.4, -0.2) is 64.5 Å². The van der Waals surface area contributed by atoms with E-state index < -0.39 is 11.0 Å². The van der Waals surface area contributed by atoms with E-state index in [0.717, 1.165) is 51.4 Å². The highest BCUT2D eigenvalue weighted by Crippen LogP contribution is 2.64. The molecule has 1 N–H and O–H groups in total. The number of ether oxygens (including phenoxy) is 1. The smallest absolute Gasteiger partial charge is 0.230 e. The average Bonchev–Trinajstić information content (AvgIpc) is 3.60. The number of fused-ring (bicyclic) bond motifs is 1. The number of likely N-dealkylation sites (tertiary alicyclic amines) is 1. The van der Waals surface area contributed by atoms with Gasteiger partial charge in [0.1, 0.15) is 5.60 Å². The van der Waals surface area contributed by atoms with Gasteiger partial charge in [-0.1, -0.05) is 29.8 Å². The van der Waals surface area contributed by atoms with Gasteiger partial charge in [0.25, 0.3) is 0 Å². The van der Waals surface area contributed by atoms with E-state index >= 15 is 0 Å². The molecule has 1 spiro atoms. The van der Waals surface area contributed by atoms with Gasteiger partial charge in [-0.05, 0) is 68.9 Å². The van der Waals surface area contributed by atoms with Gasteiger partial charge in [-0.3, -0.25) is 24.1 Å². The number of benzene rings is 1. The molecule has 206 valence electrons. The van der Waals surface area contributed by atoms with Crippen molar-refractivity contribution in [1.82, 2.24) is 4.90 Å². The van der Waals surface area contributed by atoms with Crippen LogP contribution in [0.4, 0.5) is 0 Å². The van der Waals surface area contributed by atoms with Crippen LogP contribution in [0, 0.1) is 5.41 Å². The van der Waals surface area contributed by atoms with Crippen molar-refractivity contribution in [3.63, 3.8) is 0 Å². The average molecular weight is 550 g/mol. The Kier molecular flexibility index (Phi) is 7.33. The maximum Gasteiger partial charge on any atom is 0.230 e. The van der Waals surface area contributed by atoms with E-state index in [1.807, 2.05) is 25.1 Å². The molecule has 1 saturated carbocycles. The van der Waals surface area contributed by atoms with Crippen molar-refractivity contribution < 1.29 is 29.0 Å². The quantitative estimate of drug-likeness (QED) is 0.260. The number of allylic oxidation sites excluding steroid dienone is 2. The summed E-state index contributed by atoms with van der Waals surface area (Å²) in [6, 6.07) is 7.33. The minimum Gasteiger partial charge on any atom is -0.381 e. The molecule has 5 rings (SSSR count). The Bertz CT molecular complexity index is 1330. The number of hydrogen-bond donors (Lipinski definition) is 1. The zero-order valence-electron chi connectivity index (χ0n) is 23.0. The zero-order chi connectivity index (χ0) is 28.1. The van der Waals surface area contributed by atoms with Crippen LogP contribution in [-0.2, 0) is 19.1 Å². The van der Waals surface area contributed by atoms with Gasteiger partial charge in [0.2, 0.25) is 11.8 Å². The highest BCUT2D eigenvalue weighted by Gasteiger charge is 2.65. The van der Waals surface area contributed by atoms with Crippen LogP contribution in [0.5, 0.6) is 0 Å². The fourth-order valence-corrected chi connectivity index (χ4v) is 7.05. The van der Waals surface area contributed by atoms with E-state index in [1.54, 1.807) is 30.8 Å². The Hall–Kier alpha value is -2.81. The molecule has 7 nitrogen and oxygen atoms in total. The summed E-state index contributed by atoms with van der Waals surface area (Å²) in [5.74, 6) is -0.206. The van der Waals surface area contributed by atoms with Crippen LogP contribution < -0.4 is 0 Å². The summed E-state index contributed by atoms with van der Waals surface area (Å²) in [6.45, 7) is 8.60. The molecule has 1 unspecified atom stereocenters. The SMILES string of the molecule is CC1=C(COCCSC(C)c2ccc(C(=O)CN3C(=O)CCC3=O)cc2)C2=C(C)C3(CC3)[C@@](C)(O)C(=O)C2=C1. The number of thioether (sulfide) groups is 1. The van der Waals surface area contributed by atoms with Crippen molar-refractivity contribution in [3.05, 3.63) is 69.3 Å². The number of imide groups is 1. The Labute approximate surface area is 233 Å². The topological polar surface area (TPSA) is 101 Å². The third kappa shape index (κ3) is 4.77. The van der Waals surface area contributed by atoms with Crippen LogP contribution in [0.2, 0.25) is 0 Å². The number of carbonyl (C=O) groups is 4. The highest BCUT2D eigenvalue weighted by atomic mass is 32.2. The predicted molar refractivity (Wildman–Crippen MR) is 149 cm³/mol. The van der Waals surface area contributed by atoms with Gasteiger partial charge in [0.15, 0.2) is 11.6 Å². The molecule has 2 amide bonds. The van der Waals surface area contributed by atoms with Crippen molar-refractivity contribution >= 4 is 35.1 Å². The molecule has 1 saturated heterocycles. The summed E-state index contributed by atoms with van der Waals surface area (Å²) in [6.07, 6.45) is 3.93. The van der Waals surface area contributed by atoms with E-state index in [9.17, 15) is 24.3 Å². The number of amides is 2. The number of hydrogen-bond acceptors (Lipinski definition) is 7. The molecular weight excluding hydrogens is 514 g/mol. The van der Waals surface area contributed by atoms with E-state index in [2.05, 4.69) is 13.8 Å². The molecule has 1 aromatic carbocycles. The number of ketones is 2. The van der Waals surface area contributed by atoms with Crippen molar-refractivity contribution in [2.24, 2.45) is 5.41 Å². The first-order valence-corrected chi connectivity index (χ1v) is 14.6. The summed E-state index contributed by atoms with van der Waals surface area (Å²) < 4.78 is 6.05. The van der Waals surface area contributed by atoms with Crippen molar-refractivity contribution in [2.75, 3.05) is 25.5 Å². The van der Waals surface area contributed by atoms with Crippen LogP contribution in [0.1, 0.15) is 74.5 Å². The third-order valence-electron chi connectivity index (χ3n) is 8.87. The maximum atomic E-state index is 13.1. The van der Waals surface area contributed by atoms with E-state index in [0.29, 0.717) is 24.4 Å². The molecule has 0 bridgehead atoms. The van der Waals surface area contributed by atoms with Crippen molar-refractivity contribution in [1.29, 1.82) is 0 Å². The number of rotatable bonds is 10. The number of carbonyl (C=O) groups excluding carboxylic acids is 4. The molecule has 1 aliphatic heterocycles. The van der Waals surface area contributed by atoms with Gasteiger partial charge >= 0.3 is 0 Å². The van der Waals surface area contributed by atoms with E-state index in [1.165, 1.54) is 0 Å². The normalized spacial score (nSPS) is 24.6. The maximum absolute atomic E-state index is 13.1. The van der Waals surface area contributed by atoms with E-state index in [4.69, 9.17) is 4.74 Å². The molecule has 2 fully saturated rings. The molecule has 2 atom stereocenters. The van der Waals surface area contributed by atoms with Crippen LogP contribution >= 0.6 is 11.8 Å². The summed E-state index contributed by atoms with van der Waals surface area (Å²) in [5.41, 5.74) is 4.58. The van der Waals surface area contributed by atoms with Crippen molar-refractivity contribution in [3.8, 4) is 0 Å². The minimum absolute atomic E-state index is 0.176. The summed E-state index contributed by atoms with van der Waals surface area (Å²) >= 11 is 1.75. The predicted octanol–water partition coefficient (Wildman–Crippen LogP) is 4.52. The minimum atomic E-state index is -1.34. The fraction of sp³-hybridized carbons (Fsp3) is 0.484. The molecule has 3 aliphatic carbocycles. The number of Topliss-reactive ketones (excluding diaryl/α,β-unsaturated/α-hetero) is 2. The first kappa shape index (κ1) is 27.7. The van der Waals surface area contributed by atoms with Gasteiger partial charge in [0, 0.05) is 40.4 Å². The number of aliphatic hydroxyl groups is 1. The van der Waals surface area contributed by atoms with Gasteiger partial charge in [0.05, 0.1) is 19.8 Å². The first-order chi connectivity index (χ1) is 18.5. The van der Waals surface area contributed by atoms with Gasteiger partial charge in [-0.25, -0.2) is 0 Å². The standard InChI is InChI=1S/C31H35NO6S/c1-18-15-23-28(19(2)31(11-12-31)30(4,37)29(23)36)24(18)17-38-13-14-39-20(3)21-5-7-22(8-6-21)25(33)16-32-26(34)9-10-27(32)35/h5-8,15,20,37H,9-14,16-17H2,1-4H3/t20?,30-/m0/s1. The molecule has 0 aromatic heterocycles. The Balaban J connectivity index is 1.11. The molecule has 4 aliphatic rings. The monoisotopic (exact) mass is 549 g/mol. The molecule has 0 radical (unpaired) electrons. The second kappa shape index (κ2) is 10.3. The molecular formula is C31H35NO6S. The van der Waals surface area contributed by atoms with Gasteiger partial charge in [-0.15, -0.1) is 0 Å².